The van der Waals surface area contributed by atoms with Gasteiger partial charge in [0.15, 0.2) is 5.16 Å². The Kier molecular flexibility index (Phi) is 6.37. The Labute approximate surface area is 166 Å². The fourth-order valence-corrected chi connectivity index (χ4v) is 4.58. The van der Waals surface area contributed by atoms with Crippen molar-refractivity contribution in [3.05, 3.63) is 41.2 Å². The van der Waals surface area contributed by atoms with E-state index in [1.54, 1.807) is 0 Å². The molecule has 1 N–H and O–H groups in total. The highest BCUT2D eigenvalue weighted by Crippen LogP contribution is 2.36. The summed E-state index contributed by atoms with van der Waals surface area (Å²) >= 11 is 1.27. The van der Waals surface area contributed by atoms with Crippen LogP contribution in [-0.4, -0.2) is 21.2 Å². The number of nitrogens with one attached hydrogen (secondary N) is 1. The van der Waals surface area contributed by atoms with Crippen molar-refractivity contribution in [3.8, 4) is 0 Å². The Balaban J connectivity index is 1.70. The highest BCUT2D eigenvalue weighted by Gasteiger charge is 2.33. The Hall–Kier alpha value is -1.96. The molecule has 2 aromatic rings. The summed E-state index contributed by atoms with van der Waals surface area (Å²) in [6, 6.07) is 5.39. The van der Waals surface area contributed by atoms with E-state index in [1.807, 2.05) is 13.8 Å². The van der Waals surface area contributed by atoms with Crippen LogP contribution < -0.4 is 5.32 Å². The van der Waals surface area contributed by atoms with Gasteiger partial charge in [-0.15, -0.1) is 0 Å². The van der Waals surface area contributed by atoms with E-state index in [-0.39, 0.29) is 11.4 Å². The molecule has 1 aromatic heterocycles. The lowest BCUT2D eigenvalue weighted by molar-refractivity contribution is -0.137. The third kappa shape index (κ3) is 4.71. The number of benzene rings is 1. The number of halogens is 3. The van der Waals surface area contributed by atoms with Crippen molar-refractivity contribution in [1.82, 2.24) is 9.55 Å². The molecule has 1 aliphatic rings. The minimum absolute atomic E-state index is 0.00873. The molecular formula is C20H24F3N3OS. The van der Waals surface area contributed by atoms with E-state index < -0.39 is 17.6 Å². The number of carbonyl (C=O) groups excluding carboxylic acids is 1. The summed E-state index contributed by atoms with van der Waals surface area (Å²) in [6.07, 6.45) is 1.28. The van der Waals surface area contributed by atoms with Crippen molar-refractivity contribution in [2.24, 2.45) is 0 Å². The minimum Gasteiger partial charge on any atom is -0.325 e. The molecule has 0 bridgehead atoms. The van der Waals surface area contributed by atoms with Gasteiger partial charge in [0.05, 0.1) is 22.7 Å². The van der Waals surface area contributed by atoms with Crippen LogP contribution in [0.3, 0.4) is 0 Å². The largest absolute Gasteiger partial charge is 0.418 e. The first-order chi connectivity index (χ1) is 13.3. The van der Waals surface area contributed by atoms with E-state index in [9.17, 15) is 18.0 Å². The van der Waals surface area contributed by atoms with Crippen LogP contribution in [0.1, 0.15) is 55.1 Å². The summed E-state index contributed by atoms with van der Waals surface area (Å²) in [5.74, 6) is -0.468. The predicted octanol–water partition coefficient (Wildman–Crippen LogP) is 5.75. The molecule has 4 nitrogen and oxygen atoms in total. The average Bonchev–Trinajstić information content (AvgIpc) is 2.94. The van der Waals surface area contributed by atoms with Crippen LogP contribution in [0.25, 0.3) is 0 Å². The number of hydrogen-bond acceptors (Lipinski definition) is 3. The smallest absolute Gasteiger partial charge is 0.325 e. The first kappa shape index (κ1) is 20.8. The molecule has 28 heavy (non-hydrogen) atoms. The summed E-state index contributed by atoms with van der Waals surface area (Å²) in [6.45, 7) is 3.97. The first-order valence-electron chi connectivity index (χ1n) is 9.41. The van der Waals surface area contributed by atoms with Gasteiger partial charge in [-0.05, 0) is 38.8 Å². The third-order valence-corrected chi connectivity index (χ3v) is 6.09. The molecule has 1 amide bonds. The van der Waals surface area contributed by atoms with Crippen molar-refractivity contribution in [2.75, 3.05) is 11.1 Å². The van der Waals surface area contributed by atoms with Gasteiger partial charge in [-0.1, -0.05) is 43.2 Å². The lowest BCUT2D eigenvalue weighted by Gasteiger charge is -2.26. The molecule has 8 heteroatoms. The summed E-state index contributed by atoms with van der Waals surface area (Å²) in [4.78, 5) is 16.9. The lowest BCUT2D eigenvalue weighted by Crippen LogP contribution is -2.19. The molecule has 0 unspecified atom stereocenters. The van der Waals surface area contributed by atoms with Gasteiger partial charge < -0.3 is 9.88 Å². The SMILES string of the molecule is Cc1nc(SCC(=O)Nc2ccccc2C(F)(F)F)n(C2CCCCC2)c1C. The van der Waals surface area contributed by atoms with E-state index in [2.05, 4.69) is 14.9 Å². The monoisotopic (exact) mass is 411 g/mol. The number of imidazole rings is 1. The van der Waals surface area contributed by atoms with Crippen LogP contribution in [0.2, 0.25) is 0 Å². The molecule has 1 saturated carbocycles. The van der Waals surface area contributed by atoms with E-state index >= 15 is 0 Å². The number of aromatic nitrogens is 2. The van der Waals surface area contributed by atoms with Crippen molar-refractivity contribution >= 4 is 23.4 Å². The molecular weight excluding hydrogens is 387 g/mol. The summed E-state index contributed by atoms with van der Waals surface area (Å²) < 4.78 is 41.5. The molecule has 0 spiro atoms. The second-order valence-electron chi connectivity index (χ2n) is 7.11. The van der Waals surface area contributed by atoms with Crippen molar-refractivity contribution < 1.29 is 18.0 Å². The number of nitrogens with zero attached hydrogens (tertiary/aromatic N) is 2. The molecule has 1 heterocycles. The third-order valence-electron chi connectivity index (χ3n) is 5.13. The minimum atomic E-state index is -4.51. The summed E-state index contributed by atoms with van der Waals surface area (Å²) in [5, 5.41) is 3.16. The second-order valence-corrected chi connectivity index (χ2v) is 8.05. The van der Waals surface area contributed by atoms with Crippen LogP contribution in [0.4, 0.5) is 18.9 Å². The van der Waals surface area contributed by atoms with E-state index in [0.717, 1.165) is 35.5 Å². The zero-order valence-corrected chi connectivity index (χ0v) is 16.8. The predicted molar refractivity (Wildman–Crippen MR) is 105 cm³/mol. The molecule has 0 radical (unpaired) electrons. The summed E-state index contributed by atoms with van der Waals surface area (Å²) in [7, 11) is 0. The van der Waals surface area contributed by atoms with Gasteiger partial charge in [0.25, 0.3) is 0 Å². The molecule has 0 aliphatic heterocycles. The molecule has 1 fully saturated rings. The van der Waals surface area contributed by atoms with E-state index in [0.29, 0.717) is 6.04 Å². The molecule has 0 saturated heterocycles. The van der Waals surface area contributed by atoms with E-state index in [4.69, 9.17) is 0 Å². The van der Waals surface area contributed by atoms with Crippen LogP contribution in [0.5, 0.6) is 0 Å². The summed E-state index contributed by atoms with van der Waals surface area (Å²) in [5.41, 5.74) is 0.959. The Morgan fingerprint density at radius 1 is 1.21 bits per heavy atom. The first-order valence-corrected chi connectivity index (χ1v) is 10.4. The number of para-hydroxylation sites is 1. The standard InChI is InChI=1S/C20H24F3N3OS/c1-13-14(2)26(15-8-4-3-5-9-15)19(24-13)28-12-18(27)25-17-11-7-6-10-16(17)20(21,22)23/h6-7,10-11,15H,3-5,8-9,12H2,1-2H3,(H,25,27). The van der Waals surface area contributed by atoms with Crippen LogP contribution >= 0.6 is 11.8 Å². The number of carbonyl (C=O) groups is 1. The quantitative estimate of drug-likeness (QED) is 0.637. The normalized spacial score (nSPS) is 15.6. The molecule has 1 aliphatic carbocycles. The van der Waals surface area contributed by atoms with Gasteiger partial charge in [-0.2, -0.15) is 13.2 Å². The number of alkyl halides is 3. The Bertz CT molecular complexity index is 842. The topological polar surface area (TPSA) is 46.9 Å². The fourth-order valence-electron chi connectivity index (χ4n) is 3.62. The van der Waals surface area contributed by atoms with Gasteiger partial charge >= 0.3 is 6.18 Å². The second kappa shape index (κ2) is 8.59. The Morgan fingerprint density at radius 3 is 2.57 bits per heavy atom. The number of rotatable bonds is 5. The van der Waals surface area contributed by atoms with Crippen molar-refractivity contribution in [3.63, 3.8) is 0 Å². The van der Waals surface area contributed by atoms with Crippen molar-refractivity contribution in [1.29, 1.82) is 0 Å². The van der Waals surface area contributed by atoms with Crippen LogP contribution in [0, 0.1) is 13.8 Å². The highest BCUT2D eigenvalue weighted by atomic mass is 32.2. The van der Waals surface area contributed by atoms with Crippen LogP contribution in [-0.2, 0) is 11.0 Å². The molecule has 0 atom stereocenters. The maximum atomic E-state index is 13.1. The highest BCUT2D eigenvalue weighted by molar-refractivity contribution is 7.99. The number of anilines is 1. The molecule has 152 valence electrons. The zero-order chi connectivity index (χ0) is 20.3. The number of amides is 1. The number of thioether (sulfide) groups is 1. The maximum Gasteiger partial charge on any atom is 0.418 e. The average molecular weight is 411 g/mol. The van der Waals surface area contributed by atoms with E-state index in [1.165, 1.54) is 49.2 Å². The fraction of sp³-hybridized carbons (Fsp3) is 0.500. The van der Waals surface area contributed by atoms with Gasteiger partial charge in [0.2, 0.25) is 5.91 Å². The van der Waals surface area contributed by atoms with Crippen LogP contribution in [0.15, 0.2) is 29.4 Å². The van der Waals surface area contributed by atoms with Crippen molar-refractivity contribution in [2.45, 2.75) is 63.3 Å². The van der Waals surface area contributed by atoms with Gasteiger partial charge in [0, 0.05) is 11.7 Å². The molecule has 1 aromatic carbocycles. The van der Waals surface area contributed by atoms with Gasteiger partial charge in [-0.25, -0.2) is 4.98 Å². The lowest BCUT2D eigenvalue weighted by atomic mass is 9.95. The zero-order valence-electron chi connectivity index (χ0n) is 16.0. The number of aryl methyl sites for hydroxylation is 1. The molecule has 3 rings (SSSR count). The van der Waals surface area contributed by atoms with Gasteiger partial charge in [0.1, 0.15) is 0 Å². The maximum absolute atomic E-state index is 13.1. The number of hydrogen-bond donors (Lipinski definition) is 1. The Morgan fingerprint density at radius 2 is 1.89 bits per heavy atom. The van der Waals surface area contributed by atoms with Gasteiger partial charge in [-0.3, -0.25) is 4.79 Å².